The molecule has 332 valence electrons. The van der Waals surface area contributed by atoms with Gasteiger partial charge in [-0.2, -0.15) is 0 Å². The largest absolute Gasteiger partial charge is 0.756 e. The molecule has 0 bridgehead atoms. The van der Waals surface area contributed by atoms with Crippen LogP contribution >= 0.6 is 7.82 Å². The summed E-state index contributed by atoms with van der Waals surface area (Å²) in [6.45, 7) is 4.00. The van der Waals surface area contributed by atoms with Crippen LogP contribution in [-0.4, -0.2) is 81.2 Å². The van der Waals surface area contributed by atoms with Crippen molar-refractivity contribution in [2.24, 2.45) is 0 Å². The van der Waals surface area contributed by atoms with Crippen molar-refractivity contribution < 1.29 is 47.2 Å². The van der Waals surface area contributed by atoms with E-state index in [4.69, 9.17) is 18.5 Å². The number of ether oxygens (including phenoxy) is 2. The Labute approximate surface area is 348 Å². The van der Waals surface area contributed by atoms with Gasteiger partial charge in [-0.05, 0) is 44.9 Å². The summed E-state index contributed by atoms with van der Waals surface area (Å²) in [5, 5.41) is 9.82. The molecule has 0 rings (SSSR count). The molecule has 57 heavy (non-hydrogen) atoms. The van der Waals surface area contributed by atoms with Crippen molar-refractivity contribution in [3.63, 3.8) is 0 Å². The fourth-order valence-corrected chi connectivity index (χ4v) is 6.57. The van der Waals surface area contributed by atoms with E-state index in [2.05, 4.69) is 44.2 Å². The molecule has 0 aliphatic rings. The average molecular weight is 826 g/mol. The Morgan fingerprint density at radius 2 is 1.12 bits per heavy atom. The van der Waals surface area contributed by atoms with Crippen molar-refractivity contribution in [2.45, 2.75) is 187 Å². The van der Waals surface area contributed by atoms with Gasteiger partial charge in [0.25, 0.3) is 7.82 Å². The number of carbonyl (C=O) groups excluding carboxylic acids is 2. The first-order chi connectivity index (χ1) is 27.4. The normalized spacial score (nSPS) is 14.6. The third kappa shape index (κ3) is 41.9. The van der Waals surface area contributed by atoms with E-state index in [9.17, 15) is 24.2 Å². The summed E-state index contributed by atoms with van der Waals surface area (Å²) in [6, 6.07) is 0. The molecule has 0 aromatic carbocycles. The second kappa shape index (κ2) is 38.2. The molecule has 0 spiro atoms. The number of allylic oxidation sites excluding steroid dienone is 7. The zero-order chi connectivity index (χ0) is 42.3. The summed E-state index contributed by atoms with van der Waals surface area (Å²) >= 11 is 0. The van der Waals surface area contributed by atoms with Crippen molar-refractivity contribution in [1.29, 1.82) is 0 Å². The van der Waals surface area contributed by atoms with Crippen LogP contribution in [0.15, 0.2) is 48.6 Å². The van der Waals surface area contributed by atoms with E-state index in [1.807, 2.05) is 39.4 Å². The van der Waals surface area contributed by atoms with E-state index in [1.165, 1.54) is 70.6 Å². The molecule has 0 aromatic rings. The van der Waals surface area contributed by atoms with E-state index in [0.717, 1.165) is 57.8 Å². The lowest BCUT2D eigenvalue weighted by Gasteiger charge is -2.28. The maximum Gasteiger partial charge on any atom is 0.306 e. The molecule has 0 aliphatic carbocycles. The van der Waals surface area contributed by atoms with Crippen LogP contribution in [0.5, 0.6) is 0 Å². The molecule has 0 radical (unpaired) electrons. The number of esters is 2. The molecule has 0 saturated heterocycles. The maximum atomic E-state index is 12.7. The molecule has 1 unspecified atom stereocenters. The van der Waals surface area contributed by atoms with Crippen molar-refractivity contribution >= 4 is 19.8 Å². The number of carbonyl (C=O) groups is 2. The molecule has 0 aliphatic heterocycles. The fourth-order valence-electron chi connectivity index (χ4n) is 5.84. The number of phosphoric acid groups is 1. The summed E-state index contributed by atoms with van der Waals surface area (Å²) in [6.07, 6.45) is 40.5. The third-order valence-corrected chi connectivity index (χ3v) is 10.4. The van der Waals surface area contributed by atoms with E-state index in [0.29, 0.717) is 30.3 Å². The number of nitrogens with zero attached hydrogens (tertiary/aromatic N) is 1. The highest BCUT2D eigenvalue weighted by molar-refractivity contribution is 7.45. The van der Waals surface area contributed by atoms with Crippen molar-refractivity contribution in [1.82, 2.24) is 0 Å². The van der Waals surface area contributed by atoms with E-state index < -0.39 is 32.5 Å². The van der Waals surface area contributed by atoms with Crippen LogP contribution in [0.1, 0.15) is 174 Å². The van der Waals surface area contributed by atoms with Gasteiger partial charge in [-0.3, -0.25) is 14.2 Å². The smallest absolute Gasteiger partial charge is 0.306 e. The molecule has 0 aromatic heterocycles. The summed E-state index contributed by atoms with van der Waals surface area (Å²) in [5.74, 6) is -0.921. The van der Waals surface area contributed by atoms with Gasteiger partial charge in [0.15, 0.2) is 6.10 Å². The number of quaternary nitrogens is 1. The van der Waals surface area contributed by atoms with E-state index in [1.54, 1.807) is 0 Å². The lowest BCUT2D eigenvalue weighted by molar-refractivity contribution is -0.870. The molecular weight excluding hydrogens is 741 g/mol. The molecule has 3 atom stereocenters. The van der Waals surface area contributed by atoms with Crippen LogP contribution in [0.4, 0.5) is 0 Å². The fraction of sp³-hybridized carbons (Fsp3) is 0.783. The predicted octanol–water partition coefficient (Wildman–Crippen LogP) is 11.0. The number of hydrogen-bond donors (Lipinski definition) is 1. The number of likely N-dealkylation sites (N-methyl/N-ethyl adjacent to an activating group) is 1. The van der Waals surface area contributed by atoms with Gasteiger partial charge in [-0.15, -0.1) is 0 Å². The second-order valence-corrected chi connectivity index (χ2v) is 17.6. The first-order valence-corrected chi connectivity index (χ1v) is 23.9. The lowest BCUT2D eigenvalue weighted by Crippen LogP contribution is -2.37. The minimum Gasteiger partial charge on any atom is -0.756 e. The third-order valence-electron chi connectivity index (χ3n) is 9.42. The average Bonchev–Trinajstić information content (AvgIpc) is 3.16. The Balaban J connectivity index is 4.46. The minimum absolute atomic E-state index is 0.0462. The first-order valence-electron chi connectivity index (χ1n) is 22.4. The number of aliphatic hydroxyl groups excluding tert-OH is 1. The quantitative estimate of drug-likeness (QED) is 0.0211. The minimum atomic E-state index is -4.64. The highest BCUT2D eigenvalue weighted by atomic mass is 31.2. The molecular formula is C46H84NO9P. The van der Waals surface area contributed by atoms with Crippen LogP contribution in [-0.2, 0) is 32.7 Å². The Hall–Kier alpha value is -2.07. The van der Waals surface area contributed by atoms with Crippen molar-refractivity contribution in [3.8, 4) is 0 Å². The van der Waals surface area contributed by atoms with E-state index in [-0.39, 0.29) is 32.2 Å². The van der Waals surface area contributed by atoms with Crippen molar-refractivity contribution in [3.05, 3.63) is 48.6 Å². The summed E-state index contributed by atoms with van der Waals surface area (Å²) in [5.41, 5.74) is 0. The standard InChI is InChI=1S/C46H84NO9P/c1-6-8-10-11-12-13-14-15-16-17-22-25-28-31-34-38-46(50)56-44(42-55-57(51,52)54-40-39-47(3,4)5)41-53-45(49)37-33-30-27-24-21-19-18-20-23-26-29-32-36-43(48)35-9-7-2/h18-19,23-24,26-27,32,36,43-44,48H,6-17,20-22,25,28-31,33-35,37-42H2,1-5H3/b19-18-,26-23-,27-24-,36-32-/t43-,44+/m0/s1. The Kier molecular flexibility index (Phi) is 36.8. The summed E-state index contributed by atoms with van der Waals surface area (Å²) in [4.78, 5) is 37.5. The monoisotopic (exact) mass is 826 g/mol. The van der Waals surface area contributed by atoms with Gasteiger partial charge in [-0.1, -0.05) is 165 Å². The molecule has 0 fully saturated rings. The Morgan fingerprint density at radius 1 is 0.632 bits per heavy atom. The number of unbranched alkanes of at least 4 members (excludes halogenated alkanes) is 16. The SMILES string of the molecule is CCCCCCCCCCCCCCCCCC(=O)O[C@H](COC(=O)CCC/C=C\C/C=C\C/C=C\C/C=C\[C@@H](O)CCCC)COP(=O)([O-])OCC[N+](C)(C)C. The topological polar surface area (TPSA) is 131 Å². The number of phosphoric ester groups is 1. The number of rotatable bonds is 40. The summed E-state index contributed by atoms with van der Waals surface area (Å²) in [7, 11) is 1.11. The Bertz CT molecular complexity index is 1130. The van der Waals surface area contributed by atoms with Crippen LogP contribution in [0.3, 0.4) is 0 Å². The molecule has 1 N–H and O–H groups in total. The summed E-state index contributed by atoms with van der Waals surface area (Å²) < 4.78 is 33.8. The van der Waals surface area contributed by atoms with Gasteiger partial charge in [0, 0.05) is 12.8 Å². The van der Waals surface area contributed by atoms with Gasteiger partial charge >= 0.3 is 11.9 Å². The highest BCUT2D eigenvalue weighted by Crippen LogP contribution is 2.38. The molecule has 10 nitrogen and oxygen atoms in total. The van der Waals surface area contributed by atoms with Gasteiger partial charge in [-0.25, -0.2) is 0 Å². The second-order valence-electron chi connectivity index (χ2n) is 16.2. The van der Waals surface area contributed by atoms with Gasteiger partial charge in [0.1, 0.15) is 19.8 Å². The van der Waals surface area contributed by atoms with Crippen LogP contribution in [0, 0.1) is 0 Å². The maximum absolute atomic E-state index is 12.7. The van der Waals surface area contributed by atoms with Gasteiger partial charge < -0.3 is 33.0 Å². The molecule has 11 heteroatoms. The van der Waals surface area contributed by atoms with Crippen LogP contribution < -0.4 is 4.89 Å². The Morgan fingerprint density at radius 3 is 1.67 bits per heavy atom. The van der Waals surface area contributed by atoms with Crippen molar-refractivity contribution in [2.75, 3.05) is 47.5 Å². The molecule has 0 heterocycles. The van der Waals surface area contributed by atoms with Gasteiger partial charge in [0.2, 0.25) is 0 Å². The first kappa shape index (κ1) is 54.9. The van der Waals surface area contributed by atoms with Crippen LogP contribution in [0.2, 0.25) is 0 Å². The molecule has 0 amide bonds. The zero-order valence-electron chi connectivity index (χ0n) is 36.9. The number of hydrogen-bond acceptors (Lipinski definition) is 9. The number of aliphatic hydroxyl groups is 1. The van der Waals surface area contributed by atoms with E-state index >= 15 is 0 Å². The van der Waals surface area contributed by atoms with Gasteiger partial charge in [0.05, 0.1) is 33.9 Å². The zero-order valence-corrected chi connectivity index (χ0v) is 37.8. The predicted molar refractivity (Wildman–Crippen MR) is 233 cm³/mol. The molecule has 0 saturated carbocycles. The highest BCUT2D eigenvalue weighted by Gasteiger charge is 2.21. The lowest BCUT2D eigenvalue weighted by atomic mass is 10.0. The van der Waals surface area contributed by atoms with Crippen LogP contribution in [0.25, 0.3) is 0 Å².